The molecule has 0 radical (unpaired) electrons. The number of fused-ring (bicyclic) bond motifs is 1. The molecule has 2 N–H and O–H groups in total. The number of amides is 1. The highest BCUT2D eigenvalue weighted by atomic mass is 16.4. The fraction of sp³-hybridized carbons (Fsp3) is 0.206. The van der Waals surface area contributed by atoms with Crippen molar-refractivity contribution >= 4 is 22.8 Å². The first-order chi connectivity index (χ1) is 19.4. The Morgan fingerprint density at radius 2 is 1.60 bits per heavy atom. The van der Waals surface area contributed by atoms with Gasteiger partial charge in [-0.15, -0.1) is 0 Å². The first-order valence-corrected chi connectivity index (χ1v) is 13.6. The minimum absolute atomic E-state index is 0.0536. The number of nitrogens with one attached hydrogen (secondary N) is 1. The molecule has 4 aromatic carbocycles. The van der Waals surface area contributed by atoms with Crippen LogP contribution < -0.4 is 5.32 Å². The standard InChI is InChI=1S/C34H33N3O3/c1-4-30(25-10-6-5-7-11-25)35-33(38)26-18-19-31-29(20-26)32(22(2)3)36-37(31)21-23-14-16-24(17-15-23)27-12-8-9-13-28(27)34(39)40/h5-20,22,30H,4,21H2,1-3H3,(H,35,38)(H,39,40). The van der Waals surface area contributed by atoms with Crippen molar-refractivity contribution in [1.82, 2.24) is 15.1 Å². The van der Waals surface area contributed by atoms with Crippen molar-refractivity contribution in [2.45, 2.75) is 45.7 Å². The van der Waals surface area contributed by atoms with E-state index in [2.05, 4.69) is 26.1 Å². The number of rotatable bonds is 9. The Hall–Kier alpha value is -4.71. The van der Waals surface area contributed by atoms with Crippen LogP contribution in [-0.4, -0.2) is 26.8 Å². The fourth-order valence-electron chi connectivity index (χ4n) is 5.12. The van der Waals surface area contributed by atoms with E-state index < -0.39 is 5.97 Å². The predicted molar refractivity (Wildman–Crippen MR) is 159 cm³/mol. The first-order valence-electron chi connectivity index (χ1n) is 13.6. The monoisotopic (exact) mass is 531 g/mol. The van der Waals surface area contributed by atoms with E-state index in [1.807, 2.05) is 89.6 Å². The summed E-state index contributed by atoms with van der Waals surface area (Å²) in [5, 5.41) is 18.6. The van der Waals surface area contributed by atoms with E-state index in [0.29, 0.717) is 17.7 Å². The van der Waals surface area contributed by atoms with E-state index in [9.17, 15) is 14.7 Å². The zero-order valence-electron chi connectivity index (χ0n) is 23.0. The van der Waals surface area contributed by atoms with Crippen molar-refractivity contribution in [2.24, 2.45) is 0 Å². The largest absolute Gasteiger partial charge is 0.478 e. The molecule has 1 aromatic heterocycles. The molecule has 40 heavy (non-hydrogen) atoms. The maximum atomic E-state index is 13.2. The molecule has 202 valence electrons. The van der Waals surface area contributed by atoms with Gasteiger partial charge in [0.1, 0.15) is 0 Å². The van der Waals surface area contributed by atoms with Crippen LogP contribution in [-0.2, 0) is 6.54 Å². The number of carboxylic acids is 1. The minimum atomic E-state index is -0.942. The zero-order chi connectivity index (χ0) is 28.2. The Morgan fingerprint density at radius 1 is 0.900 bits per heavy atom. The number of benzene rings is 4. The number of aromatic carboxylic acids is 1. The molecule has 6 heteroatoms. The van der Waals surface area contributed by atoms with Gasteiger partial charge in [-0.2, -0.15) is 5.10 Å². The van der Waals surface area contributed by atoms with E-state index in [-0.39, 0.29) is 23.4 Å². The van der Waals surface area contributed by atoms with Crippen LogP contribution in [0.15, 0.2) is 97.1 Å². The van der Waals surface area contributed by atoms with E-state index in [0.717, 1.165) is 39.7 Å². The molecular weight excluding hydrogens is 498 g/mol. The number of hydrogen-bond donors (Lipinski definition) is 2. The maximum absolute atomic E-state index is 13.2. The number of hydrogen-bond acceptors (Lipinski definition) is 3. The smallest absolute Gasteiger partial charge is 0.336 e. The van der Waals surface area contributed by atoms with Gasteiger partial charge in [0.25, 0.3) is 5.91 Å². The molecule has 0 spiro atoms. The number of nitrogens with zero attached hydrogens (tertiary/aromatic N) is 2. The summed E-state index contributed by atoms with van der Waals surface area (Å²) >= 11 is 0. The third-order valence-corrected chi connectivity index (χ3v) is 7.26. The molecule has 5 rings (SSSR count). The second kappa shape index (κ2) is 11.6. The lowest BCUT2D eigenvalue weighted by Crippen LogP contribution is -2.28. The van der Waals surface area contributed by atoms with Crippen molar-refractivity contribution in [1.29, 1.82) is 0 Å². The van der Waals surface area contributed by atoms with E-state index in [4.69, 9.17) is 5.10 Å². The third-order valence-electron chi connectivity index (χ3n) is 7.26. The van der Waals surface area contributed by atoms with Crippen LogP contribution in [0.3, 0.4) is 0 Å². The molecule has 0 aliphatic heterocycles. The van der Waals surface area contributed by atoms with Gasteiger partial charge in [-0.1, -0.05) is 93.6 Å². The number of carbonyl (C=O) groups excluding carboxylic acids is 1. The average Bonchev–Trinajstić information content (AvgIpc) is 3.34. The predicted octanol–water partition coefficient (Wildman–Crippen LogP) is 7.45. The van der Waals surface area contributed by atoms with Crippen molar-refractivity contribution in [3.8, 4) is 11.1 Å². The number of carboxylic acid groups (broad SMARTS) is 1. The molecule has 0 aliphatic carbocycles. The van der Waals surface area contributed by atoms with Crippen LogP contribution in [0.2, 0.25) is 0 Å². The van der Waals surface area contributed by atoms with Gasteiger partial charge in [-0.3, -0.25) is 9.48 Å². The van der Waals surface area contributed by atoms with Gasteiger partial charge in [0.15, 0.2) is 0 Å². The summed E-state index contributed by atoms with van der Waals surface area (Å²) < 4.78 is 1.98. The molecule has 6 nitrogen and oxygen atoms in total. The summed E-state index contributed by atoms with van der Waals surface area (Å²) in [5.41, 5.74) is 6.50. The summed E-state index contributed by atoms with van der Waals surface area (Å²) in [5.74, 6) is -0.857. The van der Waals surface area contributed by atoms with Crippen LogP contribution in [0, 0.1) is 0 Å². The Bertz CT molecular complexity index is 1650. The Kier molecular flexibility index (Phi) is 7.78. The number of carbonyl (C=O) groups is 2. The van der Waals surface area contributed by atoms with Crippen molar-refractivity contribution in [2.75, 3.05) is 0 Å². The normalized spacial score (nSPS) is 12.0. The second-order valence-corrected chi connectivity index (χ2v) is 10.3. The lowest BCUT2D eigenvalue weighted by atomic mass is 9.99. The molecule has 1 unspecified atom stereocenters. The van der Waals surface area contributed by atoms with Gasteiger partial charge >= 0.3 is 5.97 Å². The maximum Gasteiger partial charge on any atom is 0.336 e. The zero-order valence-corrected chi connectivity index (χ0v) is 23.0. The lowest BCUT2D eigenvalue weighted by molar-refractivity contribution is 0.0697. The fourth-order valence-corrected chi connectivity index (χ4v) is 5.12. The molecule has 5 aromatic rings. The highest BCUT2D eigenvalue weighted by Gasteiger charge is 2.19. The molecule has 1 atom stereocenters. The quantitative estimate of drug-likeness (QED) is 0.207. The van der Waals surface area contributed by atoms with Crippen LogP contribution >= 0.6 is 0 Å². The van der Waals surface area contributed by atoms with Gasteiger partial charge in [-0.25, -0.2) is 4.79 Å². The molecular formula is C34H33N3O3. The molecule has 1 heterocycles. The second-order valence-electron chi connectivity index (χ2n) is 10.3. The summed E-state index contributed by atoms with van der Waals surface area (Å²) in [4.78, 5) is 24.9. The van der Waals surface area contributed by atoms with Crippen LogP contribution in [0.5, 0.6) is 0 Å². The highest BCUT2D eigenvalue weighted by Crippen LogP contribution is 2.28. The van der Waals surface area contributed by atoms with Crippen LogP contribution in [0.4, 0.5) is 0 Å². The summed E-state index contributed by atoms with van der Waals surface area (Å²) in [7, 11) is 0. The van der Waals surface area contributed by atoms with E-state index in [1.54, 1.807) is 12.1 Å². The lowest BCUT2D eigenvalue weighted by Gasteiger charge is -2.17. The van der Waals surface area contributed by atoms with Gasteiger partial charge in [0.2, 0.25) is 0 Å². The molecule has 0 bridgehead atoms. The summed E-state index contributed by atoms with van der Waals surface area (Å²) in [6.07, 6.45) is 0.799. The SMILES string of the molecule is CCC(NC(=O)c1ccc2c(c1)c(C(C)C)nn2Cc1ccc(-c2ccccc2C(=O)O)cc1)c1ccccc1. The molecule has 0 fully saturated rings. The van der Waals surface area contributed by atoms with E-state index >= 15 is 0 Å². The molecule has 0 saturated carbocycles. The van der Waals surface area contributed by atoms with E-state index in [1.165, 1.54) is 0 Å². The van der Waals surface area contributed by atoms with Crippen LogP contribution in [0.1, 0.15) is 76.7 Å². The van der Waals surface area contributed by atoms with Crippen molar-refractivity contribution in [3.05, 3.63) is 125 Å². The van der Waals surface area contributed by atoms with Gasteiger partial charge in [0.05, 0.1) is 29.4 Å². The minimum Gasteiger partial charge on any atom is -0.478 e. The Morgan fingerprint density at radius 3 is 2.27 bits per heavy atom. The molecule has 0 saturated heterocycles. The summed E-state index contributed by atoms with van der Waals surface area (Å²) in [6.45, 7) is 6.84. The van der Waals surface area contributed by atoms with Crippen LogP contribution in [0.25, 0.3) is 22.0 Å². The van der Waals surface area contributed by atoms with Gasteiger partial charge in [-0.05, 0) is 58.9 Å². The topological polar surface area (TPSA) is 84.2 Å². The Labute approximate surface area is 234 Å². The molecule has 0 aliphatic rings. The van der Waals surface area contributed by atoms with Gasteiger partial charge < -0.3 is 10.4 Å². The van der Waals surface area contributed by atoms with Crippen molar-refractivity contribution in [3.63, 3.8) is 0 Å². The highest BCUT2D eigenvalue weighted by molar-refractivity contribution is 5.99. The summed E-state index contributed by atoms with van der Waals surface area (Å²) in [6, 6.07) is 30.7. The Balaban J connectivity index is 1.41. The molecule has 1 amide bonds. The first kappa shape index (κ1) is 26.9. The average molecular weight is 532 g/mol. The number of aromatic nitrogens is 2. The van der Waals surface area contributed by atoms with Gasteiger partial charge in [0, 0.05) is 10.9 Å². The van der Waals surface area contributed by atoms with Crippen molar-refractivity contribution < 1.29 is 14.7 Å². The third kappa shape index (κ3) is 5.52.